The molecular weight excluding hydrogens is 257 g/mol. The van der Waals surface area contributed by atoms with E-state index in [4.69, 9.17) is 5.73 Å². The van der Waals surface area contributed by atoms with E-state index >= 15 is 0 Å². The van der Waals surface area contributed by atoms with Gasteiger partial charge in [-0.2, -0.15) is 8.78 Å². The van der Waals surface area contributed by atoms with Gasteiger partial charge in [-0.3, -0.25) is 0 Å². The smallest absolute Gasteiger partial charge is 0.387 e. The summed E-state index contributed by atoms with van der Waals surface area (Å²) in [6, 6.07) is 2.29. The van der Waals surface area contributed by atoms with Gasteiger partial charge in [-0.05, 0) is 18.8 Å². The number of rotatable bonds is 3. The van der Waals surface area contributed by atoms with Crippen molar-refractivity contribution in [3.63, 3.8) is 0 Å². The van der Waals surface area contributed by atoms with Crippen LogP contribution >= 0.6 is 0 Å². The van der Waals surface area contributed by atoms with Crippen LogP contribution in [0.25, 0.3) is 0 Å². The molecule has 0 amide bonds. The Labute approximate surface area is 110 Å². The Kier molecular flexibility index (Phi) is 4.07. The third kappa shape index (κ3) is 3.24. The quantitative estimate of drug-likeness (QED) is 0.860. The third-order valence-electron chi connectivity index (χ3n) is 3.29. The number of nitrogens with zero attached hydrogens (tertiary/aromatic N) is 1. The van der Waals surface area contributed by atoms with E-state index in [0.717, 1.165) is 32.0 Å². The Balaban J connectivity index is 2.28. The van der Waals surface area contributed by atoms with Crippen LogP contribution in [-0.4, -0.2) is 19.7 Å². The Hall–Kier alpha value is -1.59. The van der Waals surface area contributed by atoms with Crippen molar-refractivity contribution in [3.8, 4) is 5.75 Å². The predicted octanol–water partition coefficient (Wildman–Crippen LogP) is 3.25. The molecule has 0 saturated carbocycles. The monoisotopic (exact) mass is 274 g/mol. The van der Waals surface area contributed by atoms with Crippen molar-refractivity contribution in [3.05, 3.63) is 17.9 Å². The van der Waals surface area contributed by atoms with Gasteiger partial charge in [0.25, 0.3) is 0 Å². The molecule has 3 nitrogen and oxygen atoms in total. The molecule has 0 aliphatic carbocycles. The molecule has 1 aliphatic heterocycles. The average molecular weight is 274 g/mol. The number of halogens is 3. The van der Waals surface area contributed by atoms with Gasteiger partial charge >= 0.3 is 6.61 Å². The lowest BCUT2D eigenvalue weighted by Crippen LogP contribution is -2.34. The van der Waals surface area contributed by atoms with Crippen molar-refractivity contribution in [2.24, 2.45) is 5.92 Å². The summed E-state index contributed by atoms with van der Waals surface area (Å²) in [6.45, 7) is 0.631. The molecule has 0 bridgehead atoms. The summed E-state index contributed by atoms with van der Waals surface area (Å²) >= 11 is 0. The van der Waals surface area contributed by atoms with Crippen LogP contribution in [0.4, 0.5) is 24.5 Å². The van der Waals surface area contributed by atoms with Crippen molar-refractivity contribution in [2.75, 3.05) is 23.7 Å². The molecule has 1 fully saturated rings. The van der Waals surface area contributed by atoms with Crippen LogP contribution in [0.2, 0.25) is 0 Å². The highest BCUT2D eigenvalue weighted by atomic mass is 19.3. The standard InChI is InChI=1S/C13H17F3N2O/c1-8-3-2-4-18(7-8)11-6-12(19-13(15)16)9(14)5-10(11)17/h5-6,8,13H,2-4,7,17H2,1H3. The van der Waals surface area contributed by atoms with Crippen LogP contribution in [-0.2, 0) is 0 Å². The van der Waals surface area contributed by atoms with Crippen molar-refractivity contribution in [1.82, 2.24) is 0 Å². The molecule has 1 aromatic carbocycles. The van der Waals surface area contributed by atoms with Crippen molar-refractivity contribution in [1.29, 1.82) is 0 Å². The Bertz CT molecular complexity index is 454. The fraction of sp³-hybridized carbons (Fsp3) is 0.538. The predicted molar refractivity (Wildman–Crippen MR) is 68.1 cm³/mol. The zero-order valence-electron chi connectivity index (χ0n) is 10.7. The first kappa shape index (κ1) is 13.8. The number of nitrogens with two attached hydrogens (primary N) is 1. The number of hydrogen-bond donors (Lipinski definition) is 1. The van der Waals surface area contributed by atoms with E-state index in [2.05, 4.69) is 11.7 Å². The lowest BCUT2D eigenvalue weighted by molar-refractivity contribution is -0.0521. The summed E-state index contributed by atoms with van der Waals surface area (Å²) in [7, 11) is 0. The largest absolute Gasteiger partial charge is 0.432 e. The molecule has 1 aliphatic rings. The second-order valence-electron chi connectivity index (χ2n) is 4.91. The molecule has 0 aromatic heterocycles. The minimum atomic E-state index is -3.05. The number of alkyl halides is 2. The van der Waals surface area contributed by atoms with Crippen LogP contribution in [0, 0.1) is 11.7 Å². The minimum Gasteiger partial charge on any atom is -0.432 e. The molecule has 1 atom stereocenters. The van der Waals surface area contributed by atoms with Crippen LogP contribution in [0.15, 0.2) is 12.1 Å². The highest BCUT2D eigenvalue weighted by Gasteiger charge is 2.21. The fourth-order valence-corrected chi connectivity index (χ4v) is 2.43. The summed E-state index contributed by atoms with van der Waals surface area (Å²) in [5.41, 5.74) is 6.58. The Morgan fingerprint density at radius 2 is 2.16 bits per heavy atom. The number of piperidine rings is 1. The lowest BCUT2D eigenvalue weighted by atomic mass is 9.99. The molecule has 2 N–H and O–H groups in total. The second kappa shape index (κ2) is 5.59. The molecule has 1 heterocycles. The highest BCUT2D eigenvalue weighted by Crippen LogP contribution is 2.34. The number of ether oxygens (including phenoxy) is 1. The fourth-order valence-electron chi connectivity index (χ4n) is 2.43. The van der Waals surface area contributed by atoms with Crippen LogP contribution < -0.4 is 15.4 Å². The molecular formula is C13H17F3N2O. The van der Waals surface area contributed by atoms with Gasteiger partial charge in [0.2, 0.25) is 0 Å². The summed E-state index contributed by atoms with van der Waals surface area (Å²) in [6.07, 6.45) is 2.13. The molecule has 1 aromatic rings. The average Bonchev–Trinajstić information content (AvgIpc) is 2.32. The van der Waals surface area contributed by atoms with E-state index in [1.54, 1.807) is 0 Å². The van der Waals surface area contributed by atoms with Gasteiger partial charge < -0.3 is 15.4 Å². The first-order valence-electron chi connectivity index (χ1n) is 6.26. The second-order valence-corrected chi connectivity index (χ2v) is 4.91. The summed E-state index contributed by atoms with van der Waals surface area (Å²) in [5, 5.41) is 0. The van der Waals surface area contributed by atoms with Gasteiger partial charge in [0.15, 0.2) is 11.6 Å². The topological polar surface area (TPSA) is 38.5 Å². The molecule has 0 radical (unpaired) electrons. The third-order valence-corrected chi connectivity index (χ3v) is 3.29. The number of benzene rings is 1. The SMILES string of the molecule is CC1CCCN(c2cc(OC(F)F)c(F)cc2N)C1. The number of nitrogen functional groups attached to an aromatic ring is 1. The first-order chi connectivity index (χ1) is 8.97. The van der Waals surface area contributed by atoms with Crippen molar-refractivity contribution < 1.29 is 17.9 Å². The molecule has 2 rings (SSSR count). The normalized spacial score (nSPS) is 19.8. The van der Waals surface area contributed by atoms with E-state index in [1.165, 1.54) is 6.07 Å². The van der Waals surface area contributed by atoms with Gasteiger partial charge in [-0.1, -0.05) is 6.92 Å². The van der Waals surface area contributed by atoms with Gasteiger partial charge in [-0.25, -0.2) is 4.39 Å². The minimum absolute atomic E-state index is 0.244. The van der Waals surface area contributed by atoms with Gasteiger partial charge in [0, 0.05) is 25.2 Å². The molecule has 1 saturated heterocycles. The van der Waals surface area contributed by atoms with Crippen molar-refractivity contribution in [2.45, 2.75) is 26.4 Å². The van der Waals surface area contributed by atoms with Gasteiger partial charge in [0.1, 0.15) is 0 Å². The van der Waals surface area contributed by atoms with E-state index in [9.17, 15) is 13.2 Å². The van der Waals surface area contributed by atoms with Crippen LogP contribution in [0.3, 0.4) is 0 Å². The molecule has 106 valence electrons. The molecule has 6 heteroatoms. The van der Waals surface area contributed by atoms with E-state index < -0.39 is 18.2 Å². The van der Waals surface area contributed by atoms with E-state index in [1.807, 2.05) is 4.90 Å². The number of anilines is 2. The van der Waals surface area contributed by atoms with Crippen molar-refractivity contribution >= 4 is 11.4 Å². The first-order valence-corrected chi connectivity index (χ1v) is 6.26. The van der Waals surface area contributed by atoms with Crippen LogP contribution in [0.1, 0.15) is 19.8 Å². The van der Waals surface area contributed by atoms with Crippen LogP contribution in [0.5, 0.6) is 5.75 Å². The van der Waals surface area contributed by atoms with Gasteiger partial charge in [0.05, 0.1) is 11.4 Å². The maximum Gasteiger partial charge on any atom is 0.387 e. The maximum atomic E-state index is 13.5. The molecule has 0 spiro atoms. The van der Waals surface area contributed by atoms with E-state index in [-0.39, 0.29) is 5.69 Å². The van der Waals surface area contributed by atoms with E-state index in [0.29, 0.717) is 11.6 Å². The lowest BCUT2D eigenvalue weighted by Gasteiger charge is -2.33. The summed E-state index contributed by atoms with van der Waals surface area (Å²) in [4.78, 5) is 1.99. The maximum absolute atomic E-state index is 13.5. The number of hydrogen-bond acceptors (Lipinski definition) is 3. The summed E-state index contributed by atoms with van der Waals surface area (Å²) in [5.74, 6) is -0.832. The van der Waals surface area contributed by atoms with Gasteiger partial charge in [-0.15, -0.1) is 0 Å². The zero-order valence-corrected chi connectivity index (χ0v) is 10.7. The zero-order chi connectivity index (χ0) is 14.0. The molecule has 1 unspecified atom stereocenters. The Morgan fingerprint density at radius 3 is 2.79 bits per heavy atom. The Morgan fingerprint density at radius 1 is 1.42 bits per heavy atom. The summed E-state index contributed by atoms with van der Waals surface area (Å²) < 4.78 is 42.1. The molecule has 19 heavy (non-hydrogen) atoms. The highest BCUT2D eigenvalue weighted by molar-refractivity contribution is 5.70.